The number of hydrogen-bond donors (Lipinski definition) is 2. The van der Waals surface area contributed by atoms with Crippen molar-refractivity contribution < 1.29 is 18.0 Å². The SMILES string of the molecule is CS(=O)(=O)Nc1cccc(NC(=O)C2CC(=O)N(c3ccccc3)C2)c1. The molecule has 1 fully saturated rings. The molecular formula is C18H19N3O4S. The molecule has 1 aliphatic heterocycles. The molecule has 0 bridgehead atoms. The zero-order valence-electron chi connectivity index (χ0n) is 14.2. The van der Waals surface area contributed by atoms with Crippen LogP contribution in [0, 0.1) is 5.92 Å². The van der Waals surface area contributed by atoms with Crippen molar-refractivity contribution in [2.45, 2.75) is 6.42 Å². The molecular weight excluding hydrogens is 354 g/mol. The molecule has 7 nitrogen and oxygen atoms in total. The number of hydrogen-bond acceptors (Lipinski definition) is 4. The summed E-state index contributed by atoms with van der Waals surface area (Å²) < 4.78 is 25.0. The van der Waals surface area contributed by atoms with Crippen LogP contribution in [0.15, 0.2) is 54.6 Å². The molecule has 0 aliphatic carbocycles. The van der Waals surface area contributed by atoms with Crippen LogP contribution in [0.25, 0.3) is 0 Å². The highest BCUT2D eigenvalue weighted by Gasteiger charge is 2.35. The van der Waals surface area contributed by atoms with Crippen LogP contribution in [0.1, 0.15) is 6.42 Å². The van der Waals surface area contributed by atoms with Crippen LogP contribution in [0.3, 0.4) is 0 Å². The Morgan fingerprint density at radius 3 is 2.46 bits per heavy atom. The fourth-order valence-corrected chi connectivity index (χ4v) is 3.41. The Kier molecular flexibility index (Phi) is 4.94. The largest absolute Gasteiger partial charge is 0.326 e. The number of benzene rings is 2. The zero-order chi connectivity index (χ0) is 18.7. The molecule has 0 saturated carbocycles. The lowest BCUT2D eigenvalue weighted by molar-refractivity contribution is -0.122. The van der Waals surface area contributed by atoms with Gasteiger partial charge in [-0.2, -0.15) is 0 Å². The van der Waals surface area contributed by atoms with Gasteiger partial charge >= 0.3 is 0 Å². The first-order chi connectivity index (χ1) is 12.3. The number of nitrogens with one attached hydrogen (secondary N) is 2. The van der Waals surface area contributed by atoms with Gasteiger partial charge in [-0.15, -0.1) is 0 Å². The number of carbonyl (C=O) groups is 2. The molecule has 2 amide bonds. The van der Waals surface area contributed by atoms with Crippen LogP contribution in [0.5, 0.6) is 0 Å². The van der Waals surface area contributed by atoms with Gasteiger partial charge in [0, 0.05) is 24.3 Å². The van der Waals surface area contributed by atoms with Crippen molar-refractivity contribution in [3.8, 4) is 0 Å². The van der Waals surface area contributed by atoms with Gasteiger partial charge in [-0.1, -0.05) is 24.3 Å². The van der Waals surface area contributed by atoms with Crippen LogP contribution in [-0.2, 0) is 19.6 Å². The fraction of sp³-hybridized carbons (Fsp3) is 0.222. The van der Waals surface area contributed by atoms with E-state index in [-0.39, 0.29) is 18.2 Å². The predicted octanol–water partition coefficient (Wildman–Crippen LogP) is 2.05. The van der Waals surface area contributed by atoms with Gasteiger partial charge in [-0.25, -0.2) is 8.42 Å². The number of nitrogens with zero attached hydrogens (tertiary/aromatic N) is 1. The predicted molar refractivity (Wildman–Crippen MR) is 100 cm³/mol. The first-order valence-corrected chi connectivity index (χ1v) is 9.95. The molecule has 2 aromatic carbocycles. The van der Waals surface area contributed by atoms with E-state index in [0.29, 0.717) is 17.9 Å². The second-order valence-electron chi connectivity index (χ2n) is 6.19. The van der Waals surface area contributed by atoms with E-state index >= 15 is 0 Å². The number of amides is 2. The smallest absolute Gasteiger partial charge is 0.229 e. The Bertz CT molecular complexity index is 928. The van der Waals surface area contributed by atoms with E-state index in [0.717, 1.165) is 11.9 Å². The lowest BCUT2D eigenvalue weighted by atomic mass is 10.1. The average molecular weight is 373 g/mol. The standard InChI is InChI=1S/C18H19N3O4S/c1-26(24,25)20-15-7-5-6-14(11-15)19-18(23)13-10-17(22)21(12-13)16-8-3-2-4-9-16/h2-9,11,13,20H,10,12H2,1H3,(H,19,23). The summed E-state index contributed by atoms with van der Waals surface area (Å²) in [4.78, 5) is 26.3. The molecule has 0 spiro atoms. The number of anilines is 3. The maximum Gasteiger partial charge on any atom is 0.229 e. The van der Waals surface area contributed by atoms with Gasteiger partial charge in [-0.05, 0) is 30.3 Å². The van der Waals surface area contributed by atoms with Crippen LogP contribution in [0.4, 0.5) is 17.1 Å². The molecule has 2 N–H and O–H groups in total. The van der Waals surface area contributed by atoms with E-state index in [2.05, 4.69) is 10.0 Å². The average Bonchev–Trinajstić information content (AvgIpc) is 2.96. The highest BCUT2D eigenvalue weighted by atomic mass is 32.2. The molecule has 1 atom stereocenters. The minimum absolute atomic E-state index is 0.0937. The lowest BCUT2D eigenvalue weighted by Crippen LogP contribution is -2.28. The lowest BCUT2D eigenvalue weighted by Gasteiger charge is -2.16. The Morgan fingerprint density at radius 2 is 1.77 bits per heavy atom. The number of carbonyl (C=O) groups excluding carboxylic acids is 2. The van der Waals surface area contributed by atoms with Crippen molar-refractivity contribution in [1.82, 2.24) is 0 Å². The van der Waals surface area contributed by atoms with E-state index in [4.69, 9.17) is 0 Å². The van der Waals surface area contributed by atoms with E-state index in [1.807, 2.05) is 30.3 Å². The van der Waals surface area contributed by atoms with Crippen molar-refractivity contribution in [1.29, 1.82) is 0 Å². The Balaban J connectivity index is 1.68. The summed E-state index contributed by atoms with van der Waals surface area (Å²) in [6.07, 6.45) is 1.20. The summed E-state index contributed by atoms with van der Waals surface area (Å²) >= 11 is 0. The number of para-hydroxylation sites is 1. The van der Waals surface area contributed by atoms with Gasteiger partial charge in [0.1, 0.15) is 0 Å². The minimum atomic E-state index is -3.40. The summed E-state index contributed by atoms with van der Waals surface area (Å²) in [6.45, 7) is 0.315. The number of sulfonamides is 1. The van der Waals surface area contributed by atoms with Gasteiger partial charge in [0.2, 0.25) is 21.8 Å². The molecule has 1 heterocycles. The maximum absolute atomic E-state index is 12.5. The summed E-state index contributed by atoms with van der Waals surface area (Å²) in [5, 5.41) is 2.75. The van der Waals surface area contributed by atoms with Crippen LogP contribution >= 0.6 is 0 Å². The van der Waals surface area contributed by atoms with Crippen molar-refractivity contribution in [3.63, 3.8) is 0 Å². The minimum Gasteiger partial charge on any atom is -0.326 e. The first-order valence-electron chi connectivity index (χ1n) is 8.06. The molecule has 8 heteroatoms. The van der Waals surface area contributed by atoms with E-state index in [1.54, 1.807) is 23.1 Å². The first kappa shape index (κ1) is 17.9. The van der Waals surface area contributed by atoms with Gasteiger partial charge in [-0.3, -0.25) is 14.3 Å². The van der Waals surface area contributed by atoms with E-state index in [9.17, 15) is 18.0 Å². The molecule has 0 radical (unpaired) electrons. The van der Waals surface area contributed by atoms with Gasteiger partial charge in [0.25, 0.3) is 0 Å². The van der Waals surface area contributed by atoms with Crippen molar-refractivity contribution in [2.24, 2.45) is 5.92 Å². The monoisotopic (exact) mass is 373 g/mol. The zero-order valence-corrected chi connectivity index (χ0v) is 15.0. The molecule has 26 heavy (non-hydrogen) atoms. The molecule has 1 unspecified atom stereocenters. The van der Waals surface area contributed by atoms with Gasteiger partial charge in [0.05, 0.1) is 17.9 Å². The Labute approximate surface area is 152 Å². The third kappa shape index (κ3) is 4.40. The summed E-state index contributed by atoms with van der Waals surface area (Å²) in [6, 6.07) is 15.6. The molecule has 1 saturated heterocycles. The molecule has 0 aromatic heterocycles. The van der Waals surface area contributed by atoms with E-state index in [1.165, 1.54) is 6.07 Å². The third-order valence-corrected chi connectivity index (χ3v) is 4.60. The highest BCUT2D eigenvalue weighted by molar-refractivity contribution is 7.92. The van der Waals surface area contributed by atoms with Crippen molar-refractivity contribution in [2.75, 3.05) is 27.7 Å². The quantitative estimate of drug-likeness (QED) is 0.838. The summed E-state index contributed by atoms with van der Waals surface area (Å²) in [5.74, 6) is -0.827. The summed E-state index contributed by atoms with van der Waals surface area (Å²) in [5.41, 5.74) is 1.60. The van der Waals surface area contributed by atoms with Crippen LogP contribution in [-0.4, -0.2) is 33.0 Å². The summed E-state index contributed by atoms with van der Waals surface area (Å²) in [7, 11) is -3.40. The Morgan fingerprint density at radius 1 is 1.08 bits per heavy atom. The maximum atomic E-state index is 12.5. The normalized spacial score (nSPS) is 17.2. The molecule has 2 aromatic rings. The molecule has 136 valence electrons. The highest BCUT2D eigenvalue weighted by Crippen LogP contribution is 2.26. The van der Waals surface area contributed by atoms with Crippen molar-refractivity contribution >= 4 is 38.9 Å². The van der Waals surface area contributed by atoms with Gasteiger partial charge < -0.3 is 10.2 Å². The van der Waals surface area contributed by atoms with Crippen LogP contribution in [0.2, 0.25) is 0 Å². The molecule has 3 rings (SSSR count). The second-order valence-corrected chi connectivity index (χ2v) is 7.93. The number of rotatable bonds is 5. The Hall–Kier alpha value is -2.87. The fourth-order valence-electron chi connectivity index (χ4n) is 2.86. The molecule has 1 aliphatic rings. The topological polar surface area (TPSA) is 95.6 Å². The van der Waals surface area contributed by atoms with Crippen LogP contribution < -0.4 is 14.9 Å². The van der Waals surface area contributed by atoms with Crippen molar-refractivity contribution in [3.05, 3.63) is 54.6 Å². The van der Waals surface area contributed by atoms with Gasteiger partial charge in [0.15, 0.2) is 0 Å². The third-order valence-electron chi connectivity index (χ3n) is 4.00. The van der Waals surface area contributed by atoms with E-state index < -0.39 is 15.9 Å². The second kappa shape index (κ2) is 7.17.